The molecule has 0 aliphatic heterocycles. The van der Waals surface area contributed by atoms with Crippen molar-refractivity contribution in [1.82, 2.24) is 0 Å². The molecule has 0 aliphatic rings. The number of methoxy groups -OCH3 is 1. The number of nitrogens with two attached hydrogens (primary N) is 1. The highest BCUT2D eigenvalue weighted by atomic mass is 35.5. The predicted octanol–water partition coefficient (Wildman–Crippen LogP) is 4.77. The van der Waals surface area contributed by atoms with E-state index in [4.69, 9.17) is 45.3 Å². The van der Waals surface area contributed by atoms with E-state index in [1.807, 2.05) is 5.38 Å². The highest BCUT2D eigenvalue weighted by Crippen LogP contribution is 2.38. The lowest BCUT2D eigenvalue weighted by Crippen LogP contribution is -2.11. The summed E-state index contributed by atoms with van der Waals surface area (Å²) in [6.45, 7) is 0. The van der Waals surface area contributed by atoms with Crippen LogP contribution in [0.2, 0.25) is 15.1 Å². The first-order valence-corrected chi connectivity index (χ1v) is 7.07. The molecule has 2 rings (SSSR count). The molecule has 1 aromatic heterocycles. The number of thiophene rings is 1. The van der Waals surface area contributed by atoms with Crippen molar-refractivity contribution in [2.75, 3.05) is 7.11 Å². The molecule has 2 aromatic rings. The summed E-state index contributed by atoms with van der Waals surface area (Å²) in [5, 5.41) is 3.50. The van der Waals surface area contributed by atoms with Crippen molar-refractivity contribution in [3.63, 3.8) is 0 Å². The first-order chi connectivity index (χ1) is 8.54. The summed E-state index contributed by atoms with van der Waals surface area (Å²) in [5.41, 5.74) is 6.89. The standard InChI is InChI=1S/C12H10Cl3NOS/c1-17-10-5-8(14)6(4-9(10)15)11(16)12-7(13)2-3-18-12/h2-5,11H,16H2,1H3. The van der Waals surface area contributed by atoms with Gasteiger partial charge in [-0.15, -0.1) is 11.3 Å². The van der Waals surface area contributed by atoms with Crippen LogP contribution in [0.1, 0.15) is 16.5 Å². The zero-order valence-corrected chi connectivity index (χ0v) is 12.5. The summed E-state index contributed by atoms with van der Waals surface area (Å²) >= 11 is 19.8. The van der Waals surface area contributed by atoms with Crippen LogP contribution in [0.25, 0.3) is 0 Å². The average molecular weight is 323 g/mol. The SMILES string of the molecule is COc1cc(Cl)c(C(N)c2sccc2Cl)cc1Cl. The van der Waals surface area contributed by atoms with Gasteiger partial charge in [-0.05, 0) is 23.1 Å². The molecule has 0 fully saturated rings. The van der Waals surface area contributed by atoms with Crippen molar-refractivity contribution < 1.29 is 4.74 Å². The highest BCUT2D eigenvalue weighted by molar-refractivity contribution is 7.10. The van der Waals surface area contributed by atoms with Gasteiger partial charge in [0.1, 0.15) is 5.75 Å². The van der Waals surface area contributed by atoms with Crippen molar-refractivity contribution in [2.45, 2.75) is 6.04 Å². The van der Waals surface area contributed by atoms with E-state index < -0.39 is 6.04 Å². The van der Waals surface area contributed by atoms with E-state index in [1.165, 1.54) is 18.4 Å². The van der Waals surface area contributed by atoms with Gasteiger partial charge in [0, 0.05) is 16.0 Å². The van der Waals surface area contributed by atoms with Crippen LogP contribution in [-0.4, -0.2) is 7.11 Å². The fourth-order valence-electron chi connectivity index (χ4n) is 1.61. The van der Waals surface area contributed by atoms with Crippen LogP contribution in [0.15, 0.2) is 23.6 Å². The van der Waals surface area contributed by atoms with Gasteiger partial charge >= 0.3 is 0 Å². The van der Waals surface area contributed by atoms with Gasteiger partial charge in [-0.1, -0.05) is 34.8 Å². The minimum Gasteiger partial charge on any atom is -0.495 e. The maximum absolute atomic E-state index is 6.19. The lowest BCUT2D eigenvalue weighted by Gasteiger charge is -2.15. The summed E-state index contributed by atoms with van der Waals surface area (Å²) in [4.78, 5) is 0.861. The summed E-state index contributed by atoms with van der Waals surface area (Å²) in [5.74, 6) is 0.523. The van der Waals surface area contributed by atoms with Crippen LogP contribution in [-0.2, 0) is 0 Å². The van der Waals surface area contributed by atoms with Gasteiger partial charge in [0.2, 0.25) is 0 Å². The van der Waals surface area contributed by atoms with Gasteiger partial charge in [-0.25, -0.2) is 0 Å². The van der Waals surface area contributed by atoms with Gasteiger partial charge < -0.3 is 10.5 Å². The largest absolute Gasteiger partial charge is 0.495 e. The Balaban J connectivity index is 2.46. The van der Waals surface area contributed by atoms with Crippen molar-refractivity contribution in [1.29, 1.82) is 0 Å². The lowest BCUT2D eigenvalue weighted by atomic mass is 10.1. The fourth-order valence-corrected chi connectivity index (χ4v) is 3.32. The molecule has 1 aromatic carbocycles. The Bertz CT molecular complexity index is 570. The van der Waals surface area contributed by atoms with Crippen LogP contribution in [0.4, 0.5) is 0 Å². The molecular formula is C12H10Cl3NOS. The smallest absolute Gasteiger partial charge is 0.138 e. The molecule has 2 N–H and O–H groups in total. The van der Waals surface area contributed by atoms with E-state index in [9.17, 15) is 0 Å². The van der Waals surface area contributed by atoms with Crippen LogP contribution in [0.3, 0.4) is 0 Å². The van der Waals surface area contributed by atoms with E-state index in [0.717, 1.165) is 10.4 Å². The maximum Gasteiger partial charge on any atom is 0.138 e. The van der Waals surface area contributed by atoms with Crippen molar-refractivity contribution >= 4 is 46.1 Å². The van der Waals surface area contributed by atoms with Gasteiger partial charge in [-0.2, -0.15) is 0 Å². The third kappa shape index (κ3) is 2.60. The van der Waals surface area contributed by atoms with E-state index in [1.54, 1.807) is 18.2 Å². The first-order valence-electron chi connectivity index (χ1n) is 5.06. The predicted molar refractivity (Wildman–Crippen MR) is 78.4 cm³/mol. The fraction of sp³-hybridized carbons (Fsp3) is 0.167. The molecule has 2 nitrogen and oxygen atoms in total. The molecule has 1 unspecified atom stereocenters. The summed E-state index contributed by atoms with van der Waals surface area (Å²) in [7, 11) is 1.54. The molecule has 0 aliphatic carbocycles. The van der Waals surface area contributed by atoms with E-state index >= 15 is 0 Å². The van der Waals surface area contributed by atoms with E-state index in [0.29, 0.717) is 20.8 Å². The Hall–Kier alpha value is -0.450. The number of rotatable bonds is 3. The lowest BCUT2D eigenvalue weighted by molar-refractivity contribution is 0.415. The van der Waals surface area contributed by atoms with Crippen LogP contribution < -0.4 is 10.5 Å². The van der Waals surface area contributed by atoms with Crippen molar-refractivity contribution in [3.8, 4) is 5.75 Å². The number of halogens is 3. The second-order valence-corrected chi connectivity index (χ2v) is 5.79. The van der Waals surface area contributed by atoms with Gasteiger partial charge in [0.15, 0.2) is 0 Å². The maximum atomic E-state index is 6.19. The summed E-state index contributed by atoms with van der Waals surface area (Å²) in [6, 6.07) is 4.78. The zero-order valence-electron chi connectivity index (χ0n) is 9.41. The van der Waals surface area contributed by atoms with Crippen LogP contribution in [0, 0.1) is 0 Å². The minimum atomic E-state index is -0.395. The molecule has 0 radical (unpaired) electrons. The monoisotopic (exact) mass is 321 g/mol. The molecule has 1 heterocycles. The zero-order chi connectivity index (χ0) is 13.3. The van der Waals surface area contributed by atoms with Crippen LogP contribution in [0.5, 0.6) is 5.75 Å². The number of benzene rings is 1. The summed E-state index contributed by atoms with van der Waals surface area (Å²) in [6.07, 6.45) is 0. The molecule has 1 atom stereocenters. The van der Waals surface area contributed by atoms with Crippen LogP contribution >= 0.6 is 46.1 Å². The Morgan fingerprint density at radius 1 is 1.17 bits per heavy atom. The molecule has 0 bridgehead atoms. The Kier molecular flexibility index (Phi) is 4.41. The molecule has 0 amide bonds. The Morgan fingerprint density at radius 2 is 1.89 bits per heavy atom. The molecule has 96 valence electrons. The second kappa shape index (κ2) is 5.68. The van der Waals surface area contributed by atoms with E-state index in [2.05, 4.69) is 0 Å². The Labute approximate surface area is 124 Å². The summed E-state index contributed by atoms with van der Waals surface area (Å²) < 4.78 is 5.09. The van der Waals surface area contributed by atoms with Gasteiger partial charge in [0.05, 0.1) is 23.2 Å². The molecule has 6 heteroatoms. The number of ether oxygens (including phenoxy) is 1. The molecule has 18 heavy (non-hydrogen) atoms. The van der Waals surface area contributed by atoms with Gasteiger partial charge in [0.25, 0.3) is 0 Å². The van der Waals surface area contributed by atoms with Crippen molar-refractivity contribution in [3.05, 3.63) is 49.1 Å². The van der Waals surface area contributed by atoms with Crippen molar-refractivity contribution in [2.24, 2.45) is 5.73 Å². The van der Waals surface area contributed by atoms with Gasteiger partial charge in [-0.3, -0.25) is 0 Å². The molecule has 0 saturated heterocycles. The topological polar surface area (TPSA) is 35.2 Å². The quantitative estimate of drug-likeness (QED) is 0.884. The molecular weight excluding hydrogens is 313 g/mol. The Morgan fingerprint density at radius 3 is 2.44 bits per heavy atom. The average Bonchev–Trinajstić information content (AvgIpc) is 2.77. The number of hydrogen-bond acceptors (Lipinski definition) is 3. The van der Waals surface area contributed by atoms with E-state index in [-0.39, 0.29) is 0 Å². The molecule has 0 saturated carbocycles. The third-order valence-corrected chi connectivity index (χ3v) is 4.60. The normalized spacial score (nSPS) is 12.5. The third-order valence-electron chi connectivity index (χ3n) is 2.53. The highest BCUT2D eigenvalue weighted by Gasteiger charge is 2.18. The first kappa shape index (κ1) is 14.0. The number of hydrogen-bond donors (Lipinski definition) is 1. The minimum absolute atomic E-state index is 0.395. The molecule has 0 spiro atoms. The second-order valence-electron chi connectivity index (χ2n) is 3.62.